The van der Waals surface area contributed by atoms with E-state index in [0.29, 0.717) is 16.9 Å². The van der Waals surface area contributed by atoms with Gasteiger partial charge in [0.2, 0.25) is 0 Å². The molecule has 0 saturated carbocycles. The third-order valence-electron chi connectivity index (χ3n) is 10.4. The third-order valence-corrected chi connectivity index (χ3v) is 10.4. The molecule has 270 valence electrons. The zero-order chi connectivity index (χ0) is 38.5. The van der Waals surface area contributed by atoms with Gasteiger partial charge in [0.1, 0.15) is 16.9 Å². The Balaban J connectivity index is 1.21. The van der Waals surface area contributed by atoms with Crippen LogP contribution in [0.3, 0.4) is 0 Å². The van der Waals surface area contributed by atoms with Gasteiger partial charge in [-0.2, -0.15) is 0 Å². The molecular weight excluding hydrogens is 709 g/mol. The minimum Gasteiger partial charge on any atom is -0.269 e. The molecular formula is C48H30N6O3. The standard InChI is InChI=1S/C48H30N6O3/c55-46-13-19-49-43-28-31(16-22-52(43)46)37-7-1-4-10-40(37)34-25-35(41-11-5-2-8-38(41)32-17-23-53-44(29-32)50-20-14-47(53)56)27-36(26-34)42-12-6-3-9-39(42)33-18-24-54-45(30-33)51-21-15-48(54)57/h1-30H. The summed E-state index contributed by atoms with van der Waals surface area (Å²) in [6.07, 6.45) is 9.90. The third kappa shape index (κ3) is 6.00. The Kier molecular flexibility index (Phi) is 8.04. The van der Waals surface area contributed by atoms with Crippen molar-refractivity contribution in [2.45, 2.75) is 0 Å². The van der Waals surface area contributed by atoms with Crippen LogP contribution in [0.15, 0.2) is 197 Å². The maximum Gasteiger partial charge on any atom is 0.257 e. The minimum absolute atomic E-state index is 0.141. The first-order valence-corrected chi connectivity index (χ1v) is 18.4. The van der Waals surface area contributed by atoms with E-state index >= 15 is 0 Å². The molecule has 0 N–H and O–H groups in total. The van der Waals surface area contributed by atoms with Crippen LogP contribution < -0.4 is 16.7 Å². The molecule has 0 radical (unpaired) electrons. The lowest BCUT2D eigenvalue weighted by molar-refractivity contribution is 1.05. The Morgan fingerprint density at radius 1 is 0.298 bits per heavy atom. The fourth-order valence-electron chi connectivity index (χ4n) is 7.65. The van der Waals surface area contributed by atoms with Gasteiger partial charge in [0.25, 0.3) is 16.7 Å². The van der Waals surface area contributed by atoms with Gasteiger partial charge in [0.05, 0.1) is 0 Å². The molecule has 0 fully saturated rings. The first-order valence-electron chi connectivity index (χ1n) is 18.4. The van der Waals surface area contributed by atoms with Crippen molar-refractivity contribution in [3.63, 3.8) is 0 Å². The van der Waals surface area contributed by atoms with E-state index in [2.05, 4.69) is 69.5 Å². The molecule has 0 unspecified atom stereocenters. The number of hydrogen-bond acceptors (Lipinski definition) is 6. The summed E-state index contributed by atoms with van der Waals surface area (Å²) < 4.78 is 4.61. The highest BCUT2D eigenvalue weighted by molar-refractivity contribution is 5.94. The molecule has 0 spiro atoms. The Labute approximate surface area is 324 Å². The monoisotopic (exact) mass is 738 g/mol. The second-order valence-electron chi connectivity index (χ2n) is 13.7. The van der Waals surface area contributed by atoms with Gasteiger partial charge >= 0.3 is 0 Å². The van der Waals surface area contributed by atoms with Gasteiger partial charge in [-0.05, 0) is 121 Å². The van der Waals surface area contributed by atoms with Crippen molar-refractivity contribution in [3.8, 4) is 66.8 Å². The second-order valence-corrected chi connectivity index (χ2v) is 13.7. The number of hydrogen-bond donors (Lipinski definition) is 0. The van der Waals surface area contributed by atoms with Crippen molar-refractivity contribution < 1.29 is 0 Å². The van der Waals surface area contributed by atoms with Crippen LogP contribution in [-0.4, -0.2) is 28.2 Å². The lowest BCUT2D eigenvalue weighted by Crippen LogP contribution is -2.12. The highest BCUT2D eigenvalue weighted by Crippen LogP contribution is 2.42. The molecule has 6 aromatic heterocycles. The summed E-state index contributed by atoms with van der Waals surface area (Å²) >= 11 is 0. The lowest BCUT2D eigenvalue weighted by atomic mass is 9.86. The molecule has 0 aliphatic rings. The summed E-state index contributed by atoms with van der Waals surface area (Å²) in [6, 6.07) is 47.4. The van der Waals surface area contributed by atoms with Crippen molar-refractivity contribution in [2.75, 3.05) is 0 Å². The Morgan fingerprint density at radius 2 is 0.561 bits per heavy atom. The SMILES string of the molecule is O=c1ccnc2cc(-c3ccccc3-c3cc(-c4ccccc4-c4ccn5c(=O)ccnc5c4)cc(-c4ccccc4-c4ccn5c(=O)ccnc5c4)c3)ccn12. The predicted octanol–water partition coefficient (Wildman–Crippen LogP) is 8.71. The summed E-state index contributed by atoms with van der Waals surface area (Å²) in [7, 11) is 0. The maximum atomic E-state index is 12.6. The van der Waals surface area contributed by atoms with E-state index in [1.165, 1.54) is 50.0 Å². The lowest BCUT2D eigenvalue weighted by Gasteiger charge is -2.18. The molecule has 0 bridgehead atoms. The van der Waals surface area contributed by atoms with Crippen LogP contribution in [-0.2, 0) is 0 Å². The molecule has 9 nitrogen and oxygen atoms in total. The van der Waals surface area contributed by atoms with E-state index in [1.54, 1.807) is 18.6 Å². The maximum absolute atomic E-state index is 12.6. The minimum atomic E-state index is -0.141. The molecule has 10 rings (SSSR count). The van der Waals surface area contributed by atoms with Gasteiger partial charge < -0.3 is 0 Å². The van der Waals surface area contributed by atoms with Gasteiger partial charge in [-0.15, -0.1) is 0 Å². The van der Waals surface area contributed by atoms with Gasteiger partial charge in [0.15, 0.2) is 0 Å². The summed E-state index contributed by atoms with van der Waals surface area (Å²) in [5.41, 5.74) is 13.0. The number of pyridine rings is 3. The Morgan fingerprint density at radius 3 is 0.842 bits per heavy atom. The van der Waals surface area contributed by atoms with Crippen molar-refractivity contribution in [1.82, 2.24) is 28.2 Å². The van der Waals surface area contributed by atoms with Gasteiger partial charge in [-0.3, -0.25) is 27.6 Å². The molecule has 0 aliphatic heterocycles. The highest BCUT2D eigenvalue weighted by Gasteiger charge is 2.17. The van der Waals surface area contributed by atoms with E-state index < -0.39 is 0 Å². The van der Waals surface area contributed by atoms with E-state index in [-0.39, 0.29) is 16.7 Å². The number of nitrogens with zero attached hydrogens (tertiary/aromatic N) is 6. The zero-order valence-electron chi connectivity index (χ0n) is 30.2. The molecule has 57 heavy (non-hydrogen) atoms. The van der Waals surface area contributed by atoms with Crippen LogP contribution in [0.2, 0.25) is 0 Å². The van der Waals surface area contributed by atoms with E-state index in [9.17, 15) is 14.4 Å². The zero-order valence-corrected chi connectivity index (χ0v) is 30.2. The fraction of sp³-hybridized carbons (Fsp3) is 0. The van der Waals surface area contributed by atoms with Crippen molar-refractivity contribution in [1.29, 1.82) is 0 Å². The first kappa shape index (κ1) is 33.5. The van der Waals surface area contributed by atoms with Crippen LogP contribution in [0.25, 0.3) is 83.7 Å². The number of fused-ring (bicyclic) bond motifs is 3. The van der Waals surface area contributed by atoms with Crippen molar-refractivity contribution in [2.24, 2.45) is 0 Å². The number of benzene rings is 4. The van der Waals surface area contributed by atoms with E-state index in [4.69, 9.17) is 0 Å². The van der Waals surface area contributed by atoms with E-state index in [1.807, 2.05) is 72.8 Å². The second kappa shape index (κ2) is 13.7. The predicted molar refractivity (Wildman–Crippen MR) is 224 cm³/mol. The summed E-state index contributed by atoms with van der Waals surface area (Å²) in [5.74, 6) is 0. The molecule has 0 amide bonds. The van der Waals surface area contributed by atoms with Crippen LogP contribution >= 0.6 is 0 Å². The topological polar surface area (TPSA) is 103 Å². The van der Waals surface area contributed by atoms with Crippen molar-refractivity contribution >= 4 is 16.9 Å². The first-order chi connectivity index (χ1) is 28.0. The van der Waals surface area contributed by atoms with Crippen LogP contribution in [0.5, 0.6) is 0 Å². The summed E-state index contributed by atoms with van der Waals surface area (Å²) in [5, 5.41) is 0. The number of aromatic nitrogens is 6. The smallest absolute Gasteiger partial charge is 0.257 e. The Bertz CT molecular complexity index is 3030. The van der Waals surface area contributed by atoms with E-state index in [0.717, 1.165) is 66.8 Å². The van der Waals surface area contributed by atoms with Crippen LogP contribution in [0.4, 0.5) is 0 Å². The van der Waals surface area contributed by atoms with Crippen LogP contribution in [0.1, 0.15) is 0 Å². The Hall–Kier alpha value is -8.04. The molecule has 0 aliphatic carbocycles. The fourth-order valence-corrected chi connectivity index (χ4v) is 7.65. The molecule has 4 aromatic carbocycles. The largest absolute Gasteiger partial charge is 0.269 e. The van der Waals surface area contributed by atoms with Crippen LogP contribution in [0, 0.1) is 0 Å². The molecule has 0 saturated heterocycles. The van der Waals surface area contributed by atoms with Crippen molar-refractivity contribution in [3.05, 3.63) is 214 Å². The average Bonchev–Trinajstić information content (AvgIpc) is 3.26. The molecule has 6 heterocycles. The molecule has 10 aromatic rings. The summed E-state index contributed by atoms with van der Waals surface area (Å²) in [6.45, 7) is 0. The van der Waals surface area contributed by atoms with Gasteiger partial charge in [-0.1, -0.05) is 72.8 Å². The molecule has 0 atom stereocenters. The normalized spacial score (nSPS) is 11.4. The molecule has 9 heteroatoms. The number of rotatable bonds is 6. The highest BCUT2D eigenvalue weighted by atomic mass is 16.1. The van der Waals surface area contributed by atoms with Gasteiger partial charge in [-0.25, -0.2) is 15.0 Å². The van der Waals surface area contributed by atoms with Gasteiger partial charge in [0, 0.05) is 55.4 Å². The average molecular weight is 739 g/mol. The quantitative estimate of drug-likeness (QED) is 0.169. The summed E-state index contributed by atoms with van der Waals surface area (Å²) in [4.78, 5) is 51.1.